The quantitative estimate of drug-likeness (QED) is 0.282. The third-order valence-electron chi connectivity index (χ3n) is 4.67. The van der Waals surface area contributed by atoms with Gasteiger partial charge in [0, 0.05) is 38.5 Å². The monoisotopic (exact) mass is 515 g/mol. The minimum Gasteiger partial charge on any atom is -0.492 e. The number of hydrogen-bond donors (Lipinski definition) is 1. The minimum atomic E-state index is -0.00844. The summed E-state index contributed by atoms with van der Waals surface area (Å²) in [5, 5.41) is 7.59. The summed E-state index contributed by atoms with van der Waals surface area (Å²) < 4.78 is 24.2. The van der Waals surface area contributed by atoms with Crippen molar-refractivity contribution in [3.63, 3.8) is 0 Å². The molecule has 0 amide bonds. The molecule has 1 N–H and O–H groups in total. The molecule has 0 bridgehead atoms. The Morgan fingerprint density at radius 3 is 3.00 bits per heavy atom. The Labute approximate surface area is 187 Å². The fourth-order valence-electron chi connectivity index (χ4n) is 3.28. The van der Waals surface area contributed by atoms with Crippen molar-refractivity contribution in [1.29, 1.82) is 0 Å². The van der Waals surface area contributed by atoms with E-state index in [4.69, 9.17) is 18.9 Å². The molecule has 0 spiro atoms. The lowest BCUT2D eigenvalue weighted by atomic mass is 10.1. The minimum absolute atomic E-state index is 0. The van der Waals surface area contributed by atoms with Gasteiger partial charge in [0.2, 0.25) is 6.79 Å². The fraction of sp³-hybridized carbons (Fsp3) is 0.474. The number of morpholine rings is 1. The van der Waals surface area contributed by atoms with Crippen molar-refractivity contribution in [2.45, 2.75) is 6.10 Å². The largest absolute Gasteiger partial charge is 0.492 e. The van der Waals surface area contributed by atoms with Crippen LogP contribution in [0, 0.1) is 0 Å². The smallest absolute Gasteiger partial charge is 0.231 e. The lowest BCUT2D eigenvalue weighted by Crippen LogP contribution is -2.48. The average Bonchev–Trinajstić information content (AvgIpc) is 3.36. The number of hydrogen-bond acceptors (Lipinski definition) is 6. The summed E-state index contributed by atoms with van der Waals surface area (Å²) in [5.41, 5.74) is 1.08. The average molecular weight is 515 g/mol. The standard InChI is InChI=1S/C19H25N5O4.HI/c1-20-19(24-6-8-26-18(12-24)14-10-22-23(2)11-14)21-5-7-25-15-3-4-16-17(9-15)28-13-27-16;/h3-4,9-11,18H,5-8,12-13H2,1-2H3,(H,20,21);1H. The van der Waals surface area contributed by atoms with E-state index in [1.165, 1.54) is 0 Å². The second-order valence-corrected chi connectivity index (χ2v) is 6.59. The van der Waals surface area contributed by atoms with Gasteiger partial charge in [-0.25, -0.2) is 0 Å². The molecule has 1 unspecified atom stereocenters. The van der Waals surface area contributed by atoms with Crippen LogP contribution in [-0.4, -0.2) is 67.3 Å². The van der Waals surface area contributed by atoms with Crippen LogP contribution in [0.3, 0.4) is 0 Å². The highest BCUT2D eigenvalue weighted by Crippen LogP contribution is 2.35. The first kappa shape index (κ1) is 21.5. The van der Waals surface area contributed by atoms with Gasteiger partial charge in [-0.15, -0.1) is 24.0 Å². The van der Waals surface area contributed by atoms with E-state index in [1.807, 2.05) is 37.6 Å². The van der Waals surface area contributed by atoms with Crippen LogP contribution in [0.25, 0.3) is 0 Å². The molecule has 29 heavy (non-hydrogen) atoms. The van der Waals surface area contributed by atoms with Crippen LogP contribution in [0.4, 0.5) is 0 Å². The highest BCUT2D eigenvalue weighted by molar-refractivity contribution is 14.0. The zero-order chi connectivity index (χ0) is 19.3. The van der Waals surface area contributed by atoms with Crippen molar-refractivity contribution < 1.29 is 18.9 Å². The number of ether oxygens (including phenoxy) is 4. The number of guanidine groups is 1. The van der Waals surface area contributed by atoms with Crippen molar-refractivity contribution >= 4 is 29.9 Å². The molecule has 1 atom stereocenters. The Balaban J connectivity index is 0.00000240. The molecular formula is C19H26IN5O4. The van der Waals surface area contributed by atoms with E-state index >= 15 is 0 Å². The molecular weight excluding hydrogens is 489 g/mol. The van der Waals surface area contributed by atoms with E-state index < -0.39 is 0 Å². The Hall–Kier alpha value is -2.21. The molecule has 158 valence electrons. The molecule has 10 heteroatoms. The Morgan fingerprint density at radius 2 is 2.21 bits per heavy atom. The van der Waals surface area contributed by atoms with Crippen LogP contribution in [-0.2, 0) is 11.8 Å². The molecule has 3 heterocycles. The highest BCUT2D eigenvalue weighted by atomic mass is 127. The maximum Gasteiger partial charge on any atom is 0.231 e. The molecule has 9 nitrogen and oxygen atoms in total. The first-order valence-corrected chi connectivity index (χ1v) is 9.31. The van der Waals surface area contributed by atoms with Crippen molar-refractivity contribution in [3.05, 3.63) is 36.2 Å². The topological polar surface area (TPSA) is 82.4 Å². The zero-order valence-electron chi connectivity index (χ0n) is 16.5. The van der Waals surface area contributed by atoms with Gasteiger partial charge in [-0.3, -0.25) is 9.67 Å². The number of nitrogens with one attached hydrogen (secondary N) is 1. The van der Waals surface area contributed by atoms with Crippen molar-refractivity contribution in [2.24, 2.45) is 12.0 Å². The third kappa shape index (κ3) is 5.24. The second-order valence-electron chi connectivity index (χ2n) is 6.59. The summed E-state index contributed by atoms with van der Waals surface area (Å²) in [5.74, 6) is 3.06. The van der Waals surface area contributed by atoms with Gasteiger partial charge < -0.3 is 29.2 Å². The first-order valence-electron chi connectivity index (χ1n) is 9.31. The second kappa shape index (κ2) is 10.0. The van der Waals surface area contributed by atoms with Crippen LogP contribution in [0.2, 0.25) is 0 Å². The number of fused-ring (bicyclic) bond motifs is 1. The summed E-state index contributed by atoms with van der Waals surface area (Å²) in [7, 11) is 3.69. The Morgan fingerprint density at radius 1 is 1.34 bits per heavy atom. The van der Waals surface area contributed by atoms with Crippen molar-refractivity contribution in [3.8, 4) is 17.2 Å². The SMILES string of the molecule is CN=C(NCCOc1ccc2c(c1)OCO2)N1CCOC(c2cnn(C)c2)C1.I. The summed E-state index contributed by atoms with van der Waals surface area (Å²) in [6, 6.07) is 5.58. The summed E-state index contributed by atoms with van der Waals surface area (Å²) >= 11 is 0. The summed E-state index contributed by atoms with van der Waals surface area (Å²) in [6.07, 6.45) is 3.83. The Kier molecular flexibility index (Phi) is 7.42. The van der Waals surface area contributed by atoms with Gasteiger partial charge in [-0.2, -0.15) is 5.10 Å². The van der Waals surface area contributed by atoms with Crippen LogP contribution >= 0.6 is 24.0 Å². The normalized spacial score (nSPS) is 18.3. The first-order chi connectivity index (χ1) is 13.7. The lowest BCUT2D eigenvalue weighted by molar-refractivity contribution is -0.00805. The van der Waals surface area contributed by atoms with Gasteiger partial charge in [-0.1, -0.05) is 0 Å². The number of halogens is 1. The molecule has 1 fully saturated rings. The Bertz CT molecular complexity index is 844. The van der Waals surface area contributed by atoms with E-state index in [2.05, 4.69) is 20.3 Å². The molecule has 2 aromatic rings. The van der Waals surface area contributed by atoms with Gasteiger partial charge in [0.1, 0.15) is 18.5 Å². The number of aryl methyl sites for hydroxylation is 1. The molecule has 1 aromatic carbocycles. The maximum atomic E-state index is 5.90. The van der Waals surface area contributed by atoms with Crippen molar-refractivity contribution in [2.75, 3.05) is 46.7 Å². The highest BCUT2D eigenvalue weighted by Gasteiger charge is 2.25. The van der Waals surface area contributed by atoms with Gasteiger partial charge in [0.15, 0.2) is 17.5 Å². The van der Waals surface area contributed by atoms with Gasteiger partial charge in [-0.05, 0) is 12.1 Å². The van der Waals surface area contributed by atoms with Crippen LogP contribution in [0.1, 0.15) is 11.7 Å². The van der Waals surface area contributed by atoms with E-state index in [1.54, 1.807) is 11.7 Å². The summed E-state index contributed by atoms with van der Waals surface area (Å²) in [4.78, 5) is 6.60. The molecule has 0 radical (unpaired) electrons. The maximum absolute atomic E-state index is 5.90. The molecule has 1 saturated heterocycles. The van der Waals surface area contributed by atoms with Gasteiger partial charge in [0.05, 0.1) is 25.9 Å². The molecule has 0 saturated carbocycles. The molecule has 0 aliphatic carbocycles. The van der Waals surface area contributed by atoms with Crippen molar-refractivity contribution in [1.82, 2.24) is 20.0 Å². The van der Waals surface area contributed by atoms with E-state index in [0.717, 1.165) is 41.9 Å². The van der Waals surface area contributed by atoms with E-state index in [-0.39, 0.29) is 36.9 Å². The van der Waals surface area contributed by atoms with Gasteiger partial charge in [0.25, 0.3) is 0 Å². The summed E-state index contributed by atoms with van der Waals surface area (Å²) in [6.45, 7) is 3.57. The molecule has 1 aromatic heterocycles. The number of rotatable bonds is 5. The van der Waals surface area contributed by atoms with Crippen LogP contribution in [0.15, 0.2) is 35.6 Å². The van der Waals surface area contributed by atoms with Gasteiger partial charge >= 0.3 is 0 Å². The molecule has 4 rings (SSSR count). The predicted octanol–water partition coefficient (Wildman–Crippen LogP) is 1.79. The molecule has 2 aliphatic rings. The number of benzene rings is 1. The van der Waals surface area contributed by atoms with Crippen LogP contribution < -0.4 is 19.5 Å². The lowest BCUT2D eigenvalue weighted by Gasteiger charge is -2.34. The number of aromatic nitrogens is 2. The zero-order valence-corrected chi connectivity index (χ0v) is 18.9. The fourth-order valence-corrected chi connectivity index (χ4v) is 3.28. The van der Waals surface area contributed by atoms with E-state index in [0.29, 0.717) is 19.8 Å². The van der Waals surface area contributed by atoms with Crippen LogP contribution in [0.5, 0.6) is 17.2 Å². The number of aliphatic imine (C=N–C) groups is 1. The number of nitrogens with zero attached hydrogens (tertiary/aromatic N) is 4. The third-order valence-corrected chi connectivity index (χ3v) is 4.67. The predicted molar refractivity (Wildman–Crippen MR) is 118 cm³/mol. The van der Waals surface area contributed by atoms with E-state index in [9.17, 15) is 0 Å². The molecule has 2 aliphatic heterocycles.